The van der Waals surface area contributed by atoms with Gasteiger partial charge in [0.15, 0.2) is 11.6 Å². The maximum atomic E-state index is 13.7. The van der Waals surface area contributed by atoms with Crippen LogP contribution in [0.5, 0.6) is 5.75 Å². The molecule has 4 rings (SSSR count). The van der Waals surface area contributed by atoms with E-state index in [0.717, 1.165) is 24.0 Å². The summed E-state index contributed by atoms with van der Waals surface area (Å²) in [6, 6.07) is 9.91. The number of nitrogens with zero attached hydrogens (tertiary/aromatic N) is 3. The number of hydrogen-bond donors (Lipinski definition) is 0. The summed E-state index contributed by atoms with van der Waals surface area (Å²) in [4.78, 5) is 6.36. The Morgan fingerprint density at radius 1 is 1.19 bits per heavy atom. The van der Waals surface area contributed by atoms with Crippen molar-refractivity contribution < 1.29 is 18.0 Å². The molecule has 2 heterocycles. The van der Waals surface area contributed by atoms with Crippen molar-refractivity contribution in [1.82, 2.24) is 10.1 Å². The van der Waals surface area contributed by atoms with E-state index in [2.05, 4.69) is 10.1 Å². The van der Waals surface area contributed by atoms with E-state index in [1.54, 1.807) is 7.11 Å². The summed E-state index contributed by atoms with van der Waals surface area (Å²) in [5.41, 5.74) is 2.20. The van der Waals surface area contributed by atoms with Crippen LogP contribution in [0.2, 0.25) is 0 Å². The molecule has 7 heteroatoms. The number of aryl methyl sites for hydroxylation is 1. The Labute approximate surface area is 149 Å². The van der Waals surface area contributed by atoms with Crippen molar-refractivity contribution in [2.45, 2.75) is 19.4 Å². The van der Waals surface area contributed by atoms with Gasteiger partial charge in [-0.15, -0.1) is 0 Å². The predicted octanol–water partition coefficient (Wildman–Crippen LogP) is 3.98. The van der Waals surface area contributed by atoms with Crippen LogP contribution in [0.3, 0.4) is 0 Å². The van der Waals surface area contributed by atoms with Crippen LogP contribution in [0, 0.1) is 11.6 Å². The lowest BCUT2D eigenvalue weighted by Crippen LogP contribution is -2.29. The Morgan fingerprint density at radius 3 is 2.85 bits per heavy atom. The van der Waals surface area contributed by atoms with E-state index in [1.807, 2.05) is 29.2 Å². The molecule has 0 saturated heterocycles. The van der Waals surface area contributed by atoms with Crippen LogP contribution in [-0.2, 0) is 13.0 Å². The molecule has 3 aromatic rings. The van der Waals surface area contributed by atoms with Gasteiger partial charge in [0.25, 0.3) is 0 Å². The van der Waals surface area contributed by atoms with Gasteiger partial charge in [0.05, 0.1) is 19.2 Å². The number of anilines is 1. The van der Waals surface area contributed by atoms with Gasteiger partial charge in [-0.3, -0.25) is 0 Å². The summed E-state index contributed by atoms with van der Waals surface area (Å²) in [6.45, 7) is 1.05. The summed E-state index contributed by atoms with van der Waals surface area (Å²) in [6.07, 6.45) is 1.57. The number of benzene rings is 2. The molecule has 0 atom stereocenters. The molecule has 0 fully saturated rings. The highest BCUT2D eigenvalue weighted by Gasteiger charge is 2.22. The molecule has 26 heavy (non-hydrogen) atoms. The van der Waals surface area contributed by atoms with Gasteiger partial charge in [-0.25, -0.2) is 8.78 Å². The second kappa shape index (κ2) is 6.74. The maximum Gasteiger partial charge on any atom is 0.246 e. The van der Waals surface area contributed by atoms with Crippen LogP contribution in [0.15, 0.2) is 40.9 Å². The molecular weight excluding hydrogens is 340 g/mol. The third-order valence-corrected chi connectivity index (χ3v) is 4.48. The molecule has 0 bridgehead atoms. The lowest BCUT2D eigenvalue weighted by Gasteiger charge is -2.30. The second-order valence-corrected chi connectivity index (χ2v) is 6.13. The molecule has 0 radical (unpaired) electrons. The Balaban J connectivity index is 1.60. The van der Waals surface area contributed by atoms with Crippen LogP contribution in [0.1, 0.15) is 17.9 Å². The number of aromatic nitrogens is 2. The van der Waals surface area contributed by atoms with Crippen molar-refractivity contribution in [3.05, 3.63) is 59.5 Å². The normalized spacial score (nSPS) is 13.6. The number of para-hydroxylation sites is 1. The van der Waals surface area contributed by atoms with Gasteiger partial charge in [-0.05, 0) is 36.6 Å². The van der Waals surface area contributed by atoms with E-state index >= 15 is 0 Å². The van der Waals surface area contributed by atoms with Gasteiger partial charge < -0.3 is 14.2 Å². The number of rotatable bonds is 4. The zero-order chi connectivity index (χ0) is 18.1. The highest BCUT2D eigenvalue weighted by molar-refractivity contribution is 5.63. The van der Waals surface area contributed by atoms with E-state index in [4.69, 9.17) is 9.26 Å². The lowest BCUT2D eigenvalue weighted by atomic mass is 10.0. The minimum absolute atomic E-state index is 0.334. The fourth-order valence-corrected chi connectivity index (χ4v) is 3.24. The summed E-state index contributed by atoms with van der Waals surface area (Å²) >= 11 is 0. The van der Waals surface area contributed by atoms with Gasteiger partial charge in [0.2, 0.25) is 11.7 Å². The first kappa shape index (κ1) is 16.5. The standard InChI is InChI=1S/C19H17F2N3O2/c1-25-17-7-3-2-6-13(17)19-22-18(26-23-19)11-24-8-4-5-12-9-14(20)15(21)10-16(12)24/h2-3,6-7,9-10H,4-5,8,11H2,1H3. The average molecular weight is 357 g/mol. The maximum absolute atomic E-state index is 13.7. The molecule has 0 N–H and O–H groups in total. The zero-order valence-electron chi connectivity index (χ0n) is 14.2. The van der Waals surface area contributed by atoms with Crippen LogP contribution in [0.25, 0.3) is 11.4 Å². The second-order valence-electron chi connectivity index (χ2n) is 6.13. The summed E-state index contributed by atoms with van der Waals surface area (Å²) in [7, 11) is 1.58. The first-order valence-electron chi connectivity index (χ1n) is 8.34. The Hall–Kier alpha value is -2.96. The van der Waals surface area contributed by atoms with Crippen LogP contribution in [-0.4, -0.2) is 23.8 Å². The quantitative estimate of drug-likeness (QED) is 0.707. The largest absolute Gasteiger partial charge is 0.496 e. The third-order valence-electron chi connectivity index (χ3n) is 4.48. The number of methoxy groups -OCH3 is 1. The first-order valence-corrected chi connectivity index (χ1v) is 8.34. The first-order chi connectivity index (χ1) is 12.7. The van der Waals surface area contributed by atoms with Crippen LogP contribution < -0.4 is 9.64 Å². The number of hydrogen-bond acceptors (Lipinski definition) is 5. The summed E-state index contributed by atoms with van der Waals surface area (Å²) in [5, 5.41) is 4.02. The summed E-state index contributed by atoms with van der Waals surface area (Å²) in [5.74, 6) is -0.179. The molecule has 0 aliphatic carbocycles. The van der Waals surface area contributed by atoms with E-state index in [1.165, 1.54) is 12.1 Å². The number of ether oxygens (including phenoxy) is 1. The van der Waals surface area contributed by atoms with Crippen molar-refractivity contribution >= 4 is 5.69 Å². The monoisotopic (exact) mass is 357 g/mol. The van der Waals surface area contributed by atoms with Gasteiger partial charge >= 0.3 is 0 Å². The minimum atomic E-state index is -0.851. The van der Waals surface area contributed by atoms with Crippen molar-refractivity contribution in [2.24, 2.45) is 0 Å². The highest BCUT2D eigenvalue weighted by atomic mass is 19.2. The lowest BCUT2D eigenvalue weighted by molar-refractivity contribution is 0.374. The molecule has 2 aromatic carbocycles. The fourth-order valence-electron chi connectivity index (χ4n) is 3.24. The zero-order valence-corrected chi connectivity index (χ0v) is 14.2. The van der Waals surface area contributed by atoms with Crippen molar-refractivity contribution in [1.29, 1.82) is 0 Å². The Morgan fingerprint density at radius 2 is 2.00 bits per heavy atom. The van der Waals surface area contributed by atoms with E-state index in [-0.39, 0.29) is 0 Å². The molecule has 1 aliphatic rings. The minimum Gasteiger partial charge on any atom is -0.496 e. The molecule has 0 saturated carbocycles. The summed E-state index contributed by atoms with van der Waals surface area (Å²) < 4.78 is 37.8. The topological polar surface area (TPSA) is 51.4 Å². The predicted molar refractivity (Wildman–Crippen MR) is 92.0 cm³/mol. The van der Waals surface area contributed by atoms with E-state index in [0.29, 0.717) is 36.2 Å². The van der Waals surface area contributed by atoms with Crippen molar-refractivity contribution in [3.63, 3.8) is 0 Å². The highest BCUT2D eigenvalue weighted by Crippen LogP contribution is 2.31. The van der Waals surface area contributed by atoms with Crippen LogP contribution in [0.4, 0.5) is 14.5 Å². The van der Waals surface area contributed by atoms with Crippen molar-refractivity contribution in [2.75, 3.05) is 18.6 Å². The van der Waals surface area contributed by atoms with Crippen LogP contribution >= 0.6 is 0 Å². The van der Waals surface area contributed by atoms with Gasteiger partial charge in [-0.1, -0.05) is 17.3 Å². The SMILES string of the molecule is COc1ccccc1-c1noc(CN2CCCc3cc(F)c(F)cc32)n1. The molecule has 0 amide bonds. The smallest absolute Gasteiger partial charge is 0.246 e. The molecular formula is C19H17F2N3O2. The average Bonchev–Trinajstić information content (AvgIpc) is 3.11. The van der Waals surface area contributed by atoms with E-state index in [9.17, 15) is 8.78 Å². The fraction of sp³-hybridized carbons (Fsp3) is 0.263. The Bertz CT molecular complexity index is 942. The van der Waals surface area contributed by atoms with Gasteiger partial charge in [0, 0.05) is 18.3 Å². The third kappa shape index (κ3) is 3.00. The number of halogens is 2. The molecule has 5 nitrogen and oxygen atoms in total. The molecule has 1 aromatic heterocycles. The van der Waals surface area contributed by atoms with Gasteiger partial charge in [0.1, 0.15) is 5.75 Å². The molecule has 0 spiro atoms. The van der Waals surface area contributed by atoms with Crippen molar-refractivity contribution in [3.8, 4) is 17.1 Å². The Kier molecular flexibility index (Phi) is 4.28. The number of fused-ring (bicyclic) bond motifs is 1. The molecule has 1 aliphatic heterocycles. The molecule has 134 valence electrons. The van der Waals surface area contributed by atoms with Gasteiger partial charge in [-0.2, -0.15) is 4.98 Å². The van der Waals surface area contributed by atoms with E-state index < -0.39 is 11.6 Å². The molecule has 0 unspecified atom stereocenters.